The van der Waals surface area contributed by atoms with E-state index in [1.54, 1.807) is 0 Å². The van der Waals surface area contributed by atoms with E-state index >= 15 is 0 Å². The van der Waals surface area contributed by atoms with E-state index in [2.05, 4.69) is 41.5 Å². The summed E-state index contributed by atoms with van der Waals surface area (Å²) in [6.45, 7) is 13.6. The smallest absolute Gasteiger partial charge is 0.309 e. The van der Waals surface area contributed by atoms with Crippen LogP contribution in [0.25, 0.3) is 0 Å². The largest absolute Gasteiger partial charge is 0.465 e. The lowest BCUT2D eigenvalue weighted by Gasteiger charge is -2.55. The average Bonchev–Trinajstić information content (AvgIpc) is 3.10. The van der Waals surface area contributed by atoms with Crippen LogP contribution in [0.15, 0.2) is 0 Å². The van der Waals surface area contributed by atoms with Crippen molar-refractivity contribution in [1.29, 1.82) is 0 Å². The van der Waals surface area contributed by atoms with E-state index in [0.717, 1.165) is 38.5 Å². The van der Waals surface area contributed by atoms with Gasteiger partial charge in [0.1, 0.15) is 6.17 Å². The number of carbonyl (C=O) groups excluding carboxylic acids is 1. The zero-order valence-corrected chi connectivity index (χ0v) is 22.3. The highest BCUT2D eigenvalue weighted by atomic mass is 19.1. The molecule has 196 valence electrons. The van der Waals surface area contributed by atoms with Gasteiger partial charge in [-0.1, -0.05) is 48.0 Å². The second-order valence-electron chi connectivity index (χ2n) is 13.3. The number of carbonyl (C=O) groups is 1. The molecular formula is C29H49FO4. The zero-order valence-electron chi connectivity index (χ0n) is 22.3. The minimum absolute atomic E-state index is 0.0213. The fourth-order valence-electron chi connectivity index (χ4n) is 9.53. The Morgan fingerprint density at radius 1 is 1.00 bits per heavy atom. The Hall–Kier alpha value is -0.680. The molecule has 34 heavy (non-hydrogen) atoms. The van der Waals surface area contributed by atoms with Crippen LogP contribution in [0.2, 0.25) is 0 Å². The zero-order chi connectivity index (χ0) is 25.0. The molecule has 12 atom stereocenters. The number of alkyl halides is 1. The molecular weight excluding hydrogens is 431 g/mol. The van der Waals surface area contributed by atoms with Crippen molar-refractivity contribution < 1.29 is 24.1 Å². The molecule has 0 bridgehead atoms. The van der Waals surface area contributed by atoms with Crippen LogP contribution in [0.4, 0.5) is 4.39 Å². The summed E-state index contributed by atoms with van der Waals surface area (Å²) in [5.41, 5.74) is -0.103. The van der Waals surface area contributed by atoms with Crippen LogP contribution in [-0.4, -0.2) is 41.2 Å². The third-order valence-corrected chi connectivity index (χ3v) is 11.6. The molecule has 4 aliphatic rings. The Bertz CT molecular complexity index is 742. The maximum Gasteiger partial charge on any atom is 0.309 e. The van der Waals surface area contributed by atoms with Crippen molar-refractivity contribution in [3.8, 4) is 0 Å². The van der Waals surface area contributed by atoms with Crippen molar-refractivity contribution in [1.82, 2.24) is 0 Å². The molecule has 0 radical (unpaired) electrons. The Kier molecular flexibility index (Phi) is 7.49. The van der Waals surface area contributed by atoms with Gasteiger partial charge < -0.3 is 14.9 Å². The molecule has 0 spiro atoms. The van der Waals surface area contributed by atoms with E-state index in [4.69, 9.17) is 4.74 Å². The summed E-state index contributed by atoms with van der Waals surface area (Å²) in [7, 11) is 0. The van der Waals surface area contributed by atoms with Gasteiger partial charge in [0.2, 0.25) is 0 Å². The first-order valence-electron chi connectivity index (χ1n) is 14.1. The van der Waals surface area contributed by atoms with Crippen LogP contribution >= 0.6 is 0 Å². The van der Waals surface area contributed by atoms with Gasteiger partial charge in [-0.15, -0.1) is 0 Å². The number of cyclic esters (lactones) is 1. The average molecular weight is 481 g/mol. The van der Waals surface area contributed by atoms with E-state index in [0.29, 0.717) is 49.0 Å². The summed E-state index contributed by atoms with van der Waals surface area (Å²) in [6.07, 6.45) is 4.46. The maximum atomic E-state index is 14.3. The fraction of sp³-hybridized carbons (Fsp3) is 0.966. The summed E-state index contributed by atoms with van der Waals surface area (Å²) in [5.74, 6) is 1.45. The van der Waals surface area contributed by atoms with E-state index in [9.17, 15) is 19.4 Å². The molecule has 0 amide bonds. The van der Waals surface area contributed by atoms with Crippen molar-refractivity contribution >= 4 is 5.97 Å². The number of fused-ring (bicyclic) bond motifs is 5. The molecule has 4 fully saturated rings. The van der Waals surface area contributed by atoms with Gasteiger partial charge in [-0.2, -0.15) is 0 Å². The van der Waals surface area contributed by atoms with Crippen molar-refractivity contribution in [2.24, 2.45) is 58.2 Å². The molecule has 1 heterocycles. The van der Waals surface area contributed by atoms with Gasteiger partial charge in [-0.05, 0) is 97.2 Å². The fourth-order valence-corrected chi connectivity index (χ4v) is 9.53. The molecule has 3 saturated carbocycles. The van der Waals surface area contributed by atoms with Crippen LogP contribution in [0, 0.1) is 58.2 Å². The van der Waals surface area contributed by atoms with Crippen molar-refractivity contribution in [2.45, 2.75) is 111 Å². The first-order valence-corrected chi connectivity index (χ1v) is 14.1. The molecule has 0 aromatic carbocycles. The number of aliphatic hydroxyl groups is 2. The second-order valence-corrected chi connectivity index (χ2v) is 13.3. The number of halogens is 1. The minimum Gasteiger partial charge on any atom is -0.465 e. The molecule has 0 aromatic heterocycles. The Labute approximate surface area is 206 Å². The summed E-state index contributed by atoms with van der Waals surface area (Å²) in [5, 5.41) is 22.3. The molecule has 4 nitrogen and oxygen atoms in total. The van der Waals surface area contributed by atoms with Gasteiger partial charge in [-0.25, -0.2) is 4.39 Å². The standard InChI is InChI=1S/C29H49FO4/c1-7-19(16(2)3)26(32)25(31)17(4)21-8-9-22-20-15-34-27(33)24-14-18(30)10-12-29(24,6)23(20)11-13-28(21,22)5/h16-26,31-32H,7-15H2,1-6H3/t17-,18+,19-,20-,21+,22-,23-,24+,25-,26-,28+,29+/m0/s1. The lowest BCUT2D eigenvalue weighted by Crippen LogP contribution is -2.52. The molecule has 1 aliphatic heterocycles. The highest BCUT2D eigenvalue weighted by Gasteiger charge is 2.62. The van der Waals surface area contributed by atoms with E-state index in [1.807, 2.05) is 0 Å². The predicted octanol–water partition coefficient (Wildman–Crippen LogP) is 5.79. The van der Waals surface area contributed by atoms with Gasteiger partial charge in [0, 0.05) is 0 Å². The molecule has 4 rings (SSSR count). The van der Waals surface area contributed by atoms with Crippen LogP contribution in [0.5, 0.6) is 0 Å². The summed E-state index contributed by atoms with van der Waals surface area (Å²) < 4.78 is 20.2. The lowest BCUT2D eigenvalue weighted by molar-refractivity contribution is -0.154. The van der Waals surface area contributed by atoms with Gasteiger partial charge >= 0.3 is 5.97 Å². The SMILES string of the molecule is CC[C@@H](C(C)C)[C@H](O)[C@@H](O)[C@@H](C)[C@H]1CC[C@H]2[C@@H]3COC(=O)[C@H]4C[C@H](F)CC[C@]4(C)[C@H]3CC[C@]12C. The highest BCUT2D eigenvalue weighted by Crippen LogP contribution is 2.66. The lowest BCUT2D eigenvalue weighted by atomic mass is 9.48. The second kappa shape index (κ2) is 9.65. The van der Waals surface area contributed by atoms with E-state index in [1.165, 1.54) is 0 Å². The van der Waals surface area contributed by atoms with Crippen LogP contribution < -0.4 is 0 Å². The normalized spacial score (nSPS) is 45.9. The summed E-state index contributed by atoms with van der Waals surface area (Å²) in [4.78, 5) is 12.9. The summed E-state index contributed by atoms with van der Waals surface area (Å²) >= 11 is 0. The van der Waals surface area contributed by atoms with Gasteiger partial charge in [0.05, 0.1) is 24.7 Å². The van der Waals surface area contributed by atoms with Gasteiger partial charge in [0.15, 0.2) is 0 Å². The third kappa shape index (κ3) is 4.15. The Morgan fingerprint density at radius 3 is 2.29 bits per heavy atom. The Morgan fingerprint density at radius 2 is 1.65 bits per heavy atom. The Balaban J connectivity index is 1.56. The van der Waals surface area contributed by atoms with E-state index < -0.39 is 18.4 Å². The first-order chi connectivity index (χ1) is 16.0. The predicted molar refractivity (Wildman–Crippen MR) is 132 cm³/mol. The van der Waals surface area contributed by atoms with Crippen LogP contribution in [-0.2, 0) is 9.53 Å². The topological polar surface area (TPSA) is 66.8 Å². The maximum absolute atomic E-state index is 14.3. The number of aliphatic hydroxyl groups excluding tert-OH is 2. The van der Waals surface area contributed by atoms with Crippen LogP contribution in [0.3, 0.4) is 0 Å². The molecule has 2 N–H and O–H groups in total. The number of esters is 1. The molecule has 0 unspecified atom stereocenters. The molecule has 5 heteroatoms. The van der Waals surface area contributed by atoms with Crippen molar-refractivity contribution in [2.75, 3.05) is 6.61 Å². The van der Waals surface area contributed by atoms with Gasteiger partial charge in [0.25, 0.3) is 0 Å². The molecule has 0 aromatic rings. The third-order valence-electron chi connectivity index (χ3n) is 11.6. The monoisotopic (exact) mass is 480 g/mol. The number of hydrogen-bond acceptors (Lipinski definition) is 4. The molecule has 1 saturated heterocycles. The first kappa shape index (κ1) is 26.4. The summed E-state index contributed by atoms with van der Waals surface area (Å²) in [6, 6.07) is 0. The number of hydrogen-bond donors (Lipinski definition) is 2. The minimum atomic E-state index is -0.890. The van der Waals surface area contributed by atoms with Crippen LogP contribution in [0.1, 0.15) is 92.9 Å². The number of rotatable bonds is 6. The van der Waals surface area contributed by atoms with Gasteiger partial charge in [-0.3, -0.25) is 4.79 Å². The quantitative estimate of drug-likeness (QED) is 0.473. The number of ether oxygens (including phenoxy) is 1. The van der Waals surface area contributed by atoms with Crippen molar-refractivity contribution in [3.63, 3.8) is 0 Å². The molecule has 3 aliphatic carbocycles. The van der Waals surface area contributed by atoms with Crippen molar-refractivity contribution in [3.05, 3.63) is 0 Å². The highest BCUT2D eigenvalue weighted by molar-refractivity contribution is 5.74. The van der Waals surface area contributed by atoms with E-state index in [-0.39, 0.29) is 34.6 Å².